The molecule has 0 saturated heterocycles. The largest absolute Gasteiger partial charge is 0.508 e. The van der Waals surface area contributed by atoms with Crippen molar-refractivity contribution in [3.8, 4) is 5.75 Å². The van der Waals surface area contributed by atoms with Gasteiger partial charge in [0.2, 0.25) is 5.91 Å². The van der Waals surface area contributed by atoms with Crippen LogP contribution >= 0.6 is 0 Å². The Kier molecular flexibility index (Phi) is 14.5. The van der Waals surface area contributed by atoms with Gasteiger partial charge in [-0.05, 0) is 87.4 Å². The van der Waals surface area contributed by atoms with Gasteiger partial charge >= 0.3 is 6.09 Å². The number of hydrogen-bond acceptors (Lipinski definition) is 5. The summed E-state index contributed by atoms with van der Waals surface area (Å²) in [4.78, 5) is 44.1. The topological polar surface area (TPSA) is 108 Å². The third kappa shape index (κ3) is 11.7. The van der Waals surface area contributed by atoms with Crippen LogP contribution in [0.2, 0.25) is 0 Å². The van der Waals surface area contributed by atoms with E-state index in [2.05, 4.69) is 24.5 Å². The second-order valence-electron chi connectivity index (χ2n) is 13.6. The van der Waals surface area contributed by atoms with Crippen molar-refractivity contribution in [2.75, 3.05) is 11.9 Å². The second kappa shape index (κ2) is 18.3. The summed E-state index contributed by atoms with van der Waals surface area (Å²) < 4.78 is 5.57. The minimum atomic E-state index is -1.03. The van der Waals surface area contributed by atoms with E-state index in [1.165, 1.54) is 0 Å². The number of anilines is 1. The first kappa shape index (κ1) is 38.1. The maximum absolute atomic E-state index is 14.8. The van der Waals surface area contributed by atoms with Crippen molar-refractivity contribution in [3.05, 3.63) is 94.5 Å². The number of rotatable bonds is 16. The Labute approximate surface area is 287 Å². The van der Waals surface area contributed by atoms with E-state index in [0.29, 0.717) is 18.5 Å². The number of aromatic hydroxyl groups is 1. The zero-order valence-electron chi connectivity index (χ0n) is 29.9. The molecule has 0 fully saturated rings. The lowest BCUT2D eigenvalue weighted by molar-refractivity contribution is -0.140. The van der Waals surface area contributed by atoms with Gasteiger partial charge < -0.3 is 25.4 Å². The van der Waals surface area contributed by atoms with E-state index in [1.54, 1.807) is 49.9 Å². The summed E-state index contributed by atoms with van der Waals surface area (Å²) in [6, 6.07) is 18.2. The van der Waals surface area contributed by atoms with Crippen LogP contribution in [0.1, 0.15) is 107 Å². The molecule has 0 spiro atoms. The van der Waals surface area contributed by atoms with Gasteiger partial charge in [0.1, 0.15) is 23.4 Å². The molecule has 260 valence electrons. The van der Waals surface area contributed by atoms with E-state index in [9.17, 15) is 19.5 Å². The highest BCUT2D eigenvalue weighted by Crippen LogP contribution is 2.28. The Balaban J connectivity index is 2.09. The summed E-state index contributed by atoms with van der Waals surface area (Å²) >= 11 is 0. The zero-order chi connectivity index (χ0) is 35.3. The number of aryl methyl sites for hydroxylation is 3. The molecule has 0 aromatic heterocycles. The van der Waals surface area contributed by atoms with Crippen molar-refractivity contribution >= 4 is 23.6 Å². The number of nitrogens with one attached hydrogen (secondary N) is 2. The number of carbonyl (C=O) groups excluding carboxylic acids is 3. The lowest BCUT2D eigenvalue weighted by Gasteiger charge is -2.35. The summed E-state index contributed by atoms with van der Waals surface area (Å²) in [6.45, 7) is 13.8. The molecule has 3 rings (SSSR count). The van der Waals surface area contributed by atoms with Gasteiger partial charge in [-0.25, -0.2) is 4.79 Å². The standard InChI is InChI=1S/C40H55N3O5/c1-8-10-11-12-13-14-26-43(38(46)34(41-39(47)48-40(5,6)7)27-31-20-24-33(44)25-21-31)36(32-22-18-30(9-2)19-23-32)37(45)42-35-28(3)16-15-17-29(35)4/h15-25,34,36,44H,8-14,26-27H2,1-7H3,(H,41,47)(H,42,45). The van der Waals surface area contributed by atoms with Crippen LogP contribution in [0.3, 0.4) is 0 Å². The SMILES string of the molecule is CCCCCCCCN(C(=O)C(Cc1ccc(O)cc1)NC(=O)OC(C)(C)C)C(C(=O)Nc1c(C)cccc1C)c1ccc(CC)cc1. The van der Waals surface area contributed by atoms with Crippen LogP contribution in [-0.4, -0.2) is 46.1 Å². The van der Waals surface area contributed by atoms with E-state index in [1.807, 2.05) is 56.3 Å². The van der Waals surface area contributed by atoms with E-state index in [4.69, 9.17) is 4.74 Å². The molecule has 3 aromatic rings. The zero-order valence-corrected chi connectivity index (χ0v) is 29.9. The third-order valence-corrected chi connectivity index (χ3v) is 8.39. The molecule has 0 radical (unpaired) electrons. The van der Waals surface area contributed by atoms with Crippen molar-refractivity contribution < 1.29 is 24.2 Å². The maximum Gasteiger partial charge on any atom is 0.408 e. The van der Waals surface area contributed by atoms with Gasteiger partial charge in [-0.1, -0.05) is 101 Å². The first-order valence-corrected chi connectivity index (χ1v) is 17.4. The number of benzene rings is 3. The number of carbonyl (C=O) groups is 3. The summed E-state index contributed by atoms with van der Waals surface area (Å²) in [5.74, 6) is -0.606. The third-order valence-electron chi connectivity index (χ3n) is 8.39. The molecule has 2 unspecified atom stereocenters. The molecule has 8 nitrogen and oxygen atoms in total. The van der Waals surface area contributed by atoms with E-state index in [0.717, 1.165) is 66.5 Å². The van der Waals surface area contributed by atoms with Gasteiger partial charge in [0, 0.05) is 18.7 Å². The number of alkyl carbamates (subject to hydrolysis) is 1. The number of phenolic OH excluding ortho intramolecular Hbond substituents is 1. The number of ether oxygens (including phenoxy) is 1. The van der Waals surface area contributed by atoms with Crippen LogP contribution in [0.25, 0.3) is 0 Å². The fraction of sp³-hybridized carbons (Fsp3) is 0.475. The van der Waals surface area contributed by atoms with Gasteiger partial charge in [-0.15, -0.1) is 0 Å². The quantitative estimate of drug-likeness (QED) is 0.134. The van der Waals surface area contributed by atoms with Gasteiger partial charge in [-0.3, -0.25) is 9.59 Å². The van der Waals surface area contributed by atoms with Crippen molar-refractivity contribution in [1.29, 1.82) is 0 Å². The molecule has 0 aliphatic rings. The molecule has 3 N–H and O–H groups in total. The molecule has 0 saturated carbocycles. The van der Waals surface area contributed by atoms with Gasteiger partial charge in [0.25, 0.3) is 5.91 Å². The number of amides is 3. The van der Waals surface area contributed by atoms with E-state index < -0.39 is 23.8 Å². The molecule has 48 heavy (non-hydrogen) atoms. The second-order valence-corrected chi connectivity index (χ2v) is 13.6. The number of phenols is 1. The van der Waals surface area contributed by atoms with Crippen LogP contribution in [0.5, 0.6) is 5.75 Å². The van der Waals surface area contributed by atoms with Crippen molar-refractivity contribution in [3.63, 3.8) is 0 Å². The molecule has 0 bridgehead atoms. The summed E-state index contributed by atoms with van der Waals surface area (Å²) in [5.41, 5.74) is 4.35. The minimum absolute atomic E-state index is 0.102. The van der Waals surface area contributed by atoms with Gasteiger partial charge in [0.15, 0.2) is 0 Å². The fourth-order valence-corrected chi connectivity index (χ4v) is 5.76. The lowest BCUT2D eigenvalue weighted by Crippen LogP contribution is -2.53. The van der Waals surface area contributed by atoms with E-state index >= 15 is 0 Å². The van der Waals surface area contributed by atoms with Crippen molar-refractivity contribution in [2.45, 2.75) is 118 Å². The van der Waals surface area contributed by atoms with Crippen LogP contribution < -0.4 is 10.6 Å². The van der Waals surface area contributed by atoms with Crippen LogP contribution in [-0.2, 0) is 27.2 Å². The lowest BCUT2D eigenvalue weighted by atomic mass is 9.98. The normalized spacial score (nSPS) is 12.6. The monoisotopic (exact) mass is 657 g/mol. The van der Waals surface area contributed by atoms with Crippen LogP contribution in [0.15, 0.2) is 66.7 Å². The fourth-order valence-electron chi connectivity index (χ4n) is 5.76. The Hall–Kier alpha value is -4.33. The van der Waals surface area contributed by atoms with Crippen molar-refractivity contribution in [2.24, 2.45) is 0 Å². The highest BCUT2D eigenvalue weighted by Gasteiger charge is 2.36. The highest BCUT2D eigenvalue weighted by atomic mass is 16.6. The van der Waals surface area contributed by atoms with Crippen LogP contribution in [0.4, 0.5) is 10.5 Å². The number of nitrogens with zero attached hydrogens (tertiary/aromatic N) is 1. The molecule has 3 aromatic carbocycles. The smallest absolute Gasteiger partial charge is 0.408 e. The van der Waals surface area contributed by atoms with Crippen molar-refractivity contribution in [1.82, 2.24) is 10.2 Å². The van der Waals surface area contributed by atoms with Crippen LogP contribution in [0, 0.1) is 13.8 Å². The van der Waals surface area contributed by atoms with E-state index in [-0.39, 0.29) is 24.0 Å². The average Bonchev–Trinajstić information content (AvgIpc) is 3.03. The molecule has 8 heteroatoms. The summed E-state index contributed by atoms with van der Waals surface area (Å²) in [5, 5.41) is 15.9. The minimum Gasteiger partial charge on any atom is -0.508 e. The number of unbranched alkanes of at least 4 members (excludes halogenated alkanes) is 5. The molecular formula is C40H55N3O5. The summed E-state index contributed by atoms with van der Waals surface area (Å²) in [6.07, 6.45) is 6.31. The molecule has 0 aliphatic heterocycles. The van der Waals surface area contributed by atoms with Gasteiger partial charge in [-0.2, -0.15) is 0 Å². The Morgan fingerprint density at radius 3 is 1.98 bits per heavy atom. The predicted molar refractivity (Wildman–Crippen MR) is 193 cm³/mol. The Bertz CT molecular complexity index is 1460. The average molecular weight is 658 g/mol. The maximum atomic E-state index is 14.8. The summed E-state index contributed by atoms with van der Waals surface area (Å²) in [7, 11) is 0. The molecular weight excluding hydrogens is 602 g/mol. The molecule has 2 atom stereocenters. The Morgan fingerprint density at radius 2 is 1.40 bits per heavy atom. The Morgan fingerprint density at radius 1 is 0.812 bits per heavy atom. The number of hydrogen-bond donors (Lipinski definition) is 3. The highest BCUT2D eigenvalue weighted by molar-refractivity contribution is 6.00. The molecule has 3 amide bonds. The van der Waals surface area contributed by atoms with Gasteiger partial charge in [0.05, 0.1) is 0 Å². The first-order valence-electron chi connectivity index (χ1n) is 17.4. The first-order chi connectivity index (χ1) is 22.8. The number of para-hydroxylation sites is 1. The molecule has 0 heterocycles. The predicted octanol–water partition coefficient (Wildman–Crippen LogP) is 8.58. The molecule has 0 aliphatic carbocycles.